The topological polar surface area (TPSA) is 73.9 Å². The van der Waals surface area contributed by atoms with Gasteiger partial charge in [0.25, 0.3) is 0 Å². The van der Waals surface area contributed by atoms with Gasteiger partial charge in [0, 0.05) is 19.4 Å². The summed E-state index contributed by atoms with van der Waals surface area (Å²) in [6.45, 7) is 2.74. The zero-order valence-electron chi connectivity index (χ0n) is 14.7. The maximum atomic E-state index is 11.8. The molecule has 0 spiro atoms. The molecule has 1 aromatic carbocycles. The molecule has 1 N–H and O–H groups in total. The van der Waals surface area contributed by atoms with E-state index < -0.39 is 0 Å². The molecule has 0 saturated carbocycles. The molecule has 0 heterocycles. The Balaban J connectivity index is 2.22. The van der Waals surface area contributed by atoms with Crippen molar-refractivity contribution in [3.05, 3.63) is 23.8 Å². The number of unbranched alkanes of at least 4 members (excludes halogenated alkanes) is 1. The summed E-state index contributed by atoms with van der Waals surface area (Å²) in [6, 6.07) is 5.71. The zero-order chi connectivity index (χ0) is 17.8. The molecule has 0 unspecified atom stereocenters. The summed E-state index contributed by atoms with van der Waals surface area (Å²) < 4.78 is 15.3. The van der Waals surface area contributed by atoms with Crippen molar-refractivity contribution in [2.45, 2.75) is 39.0 Å². The summed E-state index contributed by atoms with van der Waals surface area (Å²) >= 11 is 0. The van der Waals surface area contributed by atoms with Gasteiger partial charge >= 0.3 is 5.97 Å². The number of nitrogens with one attached hydrogen (secondary N) is 1. The second-order valence-electron chi connectivity index (χ2n) is 5.30. The minimum absolute atomic E-state index is 0.000615. The molecule has 0 bridgehead atoms. The lowest BCUT2D eigenvalue weighted by molar-refractivity contribution is -0.143. The molecule has 6 nitrogen and oxygen atoms in total. The van der Waals surface area contributed by atoms with E-state index in [0.29, 0.717) is 50.3 Å². The van der Waals surface area contributed by atoms with Crippen LogP contribution in [0.15, 0.2) is 18.2 Å². The quantitative estimate of drug-likeness (QED) is 0.496. The van der Waals surface area contributed by atoms with Crippen molar-refractivity contribution < 1.29 is 23.8 Å². The summed E-state index contributed by atoms with van der Waals surface area (Å²) in [5, 5.41) is 2.88. The summed E-state index contributed by atoms with van der Waals surface area (Å²) in [4.78, 5) is 22.9. The van der Waals surface area contributed by atoms with Crippen LogP contribution < -0.4 is 14.8 Å². The first-order chi connectivity index (χ1) is 11.6. The van der Waals surface area contributed by atoms with Crippen LogP contribution in [0.3, 0.4) is 0 Å². The van der Waals surface area contributed by atoms with Gasteiger partial charge in [0.1, 0.15) is 0 Å². The van der Waals surface area contributed by atoms with Crippen LogP contribution in [0, 0.1) is 0 Å². The summed E-state index contributed by atoms with van der Waals surface area (Å²) in [7, 11) is 3.19. The maximum Gasteiger partial charge on any atom is 0.305 e. The van der Waals surface area contributed by atoms with Gasteiger partial charge in [-0.2, -0.15) is 0 Å². The highest BCUT2D eigenvalue weighted by molar-refractivity contribution is 5.76. The number of hydrogen-bond donors (Lipinski definition) is 1. The third kappa shape index (κ3) is 7.35. The van der Waals surface area contributed by atoms with Crippen molar-refractivity contribution in [1.82, 2.24) is 5.32 Å². The van der Waals surface area contributed by atoms with Gasteiger partial charge in [-0.25, -0.2) is 0 Å². The van der Waals surface area contributed by atoms with Gasteiger partial charge in [0.05, 0.1) is 20.8 Å². The van der Waals surface area contributed by atoms with Gasteiger partial charge in [-0.15, -0.1) is 0 Å². The van der Waals surface area contributed by atoms with E-state index in [1.165, 1.54) is 0 Å². The molecule has 0 aliphatic rings. The van der Waals surface area contributed by atoms with Gasteiger partial charge in [0.2, 0.25) is 5.91 Å². The predicted molar refractivity (Wildman–Crippen MR) is 91.4 cm³/mol. The van der Waals surface area contributed by atoms with E-state index in [9.17, 15) is 9.59 Å². The SMILES string of the molecule is CCOC(=O)CCCCC(=O)NCCc1ccc(OC)c(OC)c1. The number of hydrogen-bond acceptors (Lipinski definition) is 5. The van der Waals surface area contributed by atoms with Crippen LogP contribution in [0.4, 0.5) is 0 Å². The molecule has 0 aromatic heterocycles. The van der Waals surface area contributed by atoms with Gasteiger partial charge in [-0.3, -0.25) is 9.59 Å². The fourth-order valence-electron chi connectivity index (χ4n) is 2.26. The molecule has 134 valence electrons. The Morgan fingerprint density at radius 3 is 2.42 bits per heavy atom. The molecular weight excluding hydrogens is 310 g/mol. The minimum Gasteiger partial charge on any atom is -0.493 e. The van der Waals surface area contributed by atoms with Crippen molar-refractivity contribution in [2.24, 2.45) is 0 Å². The number of ether oxygens (including phenoxy) is 3. The number of rotatable bonds is 11. The number of benzene rings is 1. The van der Waals surface area contributed by atoms with Crippen LogP contribution in [-0.4, -0.2) is 39.2 Å². The maximum absolute atomic E-state index is 11.8. The minimum atomic E-state index is -0.202. The third-order valence-electron chi connectivity index (χ3n) is 3.52. The van der Waals surface area contributed by atoms with Crippen molar-refractivity contribution >= 4 is 11.9 Å². The van der Waals surface area contributed by atoms with Crippen molar-refractivity contribution in [1.29, 1.82) is 0 Å². The number of carbonyl (C=O) groups excluding carboxylic acids is 2. The average Bonchev–Trinajstić information content (AvgIpc) is 2.58. The average molecular weight is 337 g/mol. The predicted octanol–water partition coefficient (Wildman–Crippen LogP) is 2.49. The Kier molecular flexibility index (Phi) is 9.34. The van der Waals surface area contributed by atoms with E-state index in [1.54, 1.807) is 21.1 Å². The molecule has 0 atom stereocenters. The molecule has 24 heavy (non-hydrogen) atoms. The first-order valence-corrected chi connectivity index (χ1v) is 8.24. The van der Waals surface area contributed by atoms with E-state index in [0.717, 1.165) is 12.0 Å². The van der Waals surface area contributed by atoms with Gasteiger partial charge in [-0.1, -0.05) is 6.07 Å². The molecule has 0 fully saturated rings. The van der Waals surface area contributed by atoms with Crippen molar-refractivity contribution in [2.75, 3.05) is 27.4 Å². The van der Waals surface area contributed by atoms with E-state index in [2.05, 4.69) is 5.32 Å². The first kappa shape index (κ1) is 19.8. The van der Waals surface area contributed by atoms with Gasteiger partial charge < -0.3 is 19.5 Å². The Labute approximate surface area is 143 Å². The Morgan fingerprint density at radius 1 is 1.04 bits per heavy atom. The second kappa shape index (κ2) is 11.3. The molecule has 1 aromatic rings. The first-order valence-electron chi connectivity index (χ1n) is 8.24. The Bertz CT molecular complexity index is 530. The standard InChI is InChI=1S/C18H27NO5/c1-4-24-18(21)8-6-5-7-17(20)19-12-11-14-9-10-15(22-2)16(13-14)23-3/h9-10,13H,4-8,11-12H2,1-3H3,(H,19,20). The number of methoxy groups -OCH3 is 2. The van der Waals surface area contributed by atoms with E-state index >= 15 is 0 Å². The van der Waals surface area contributed by atoms with Gasteiger partial charge in [0.15, 0.2) is 11.5 Å². The molecular formula is C18H27NO5. The monoisotopic (exact) mass is 337 g/mol. The van der Waals surface area contributed by atoms with E-state index in [-0.39, 0.29) is 11.9 Å². The van der Waals surface area contributed by atoms with Gasteiger partial charge in [-0.05, 0) is 43.9 Å². The Morgan fingerprint density at radius 2 is 1.75 bits per heavy atom. The number of carbonyl (C=O) groups is 2. The van der Waals surface area contributed by atoms with Crippen LogP contribution in [-0.2, 0) is 20.7 Å². The van der Waals surface area contributed by atoms with Crippen LogP contribution in [0.5, 0.6) is 11.5 Å². The zero-order valence-corrected chi connectivity index (χ0v) is 14.7. The smallest absolute Gasteiger partial charge is 0.305 e. The highest BCUT2D eigenvalue weighted by Crippen LogP contribution is 2.27. The Hall–Kier alpha value is -2.24. The summed E-state index contributed by atoms with van der Waals surface area (Å²) in [5.74, 6) is 1.16. The van der Waals surface area contributed by atoms with Crippen LogP contribution in [0.1, 0.15) is 38.2 Å². The largest absolute Gasteiger partial charge is 0.493 e. The third-order valence-corrected chi connectivity index (χ3v) is 3.52. The van der Waals surface area contributed by atoms with Crippen LogP contribution in [0.2, 0.25) is 0 Å². The fourth-order valence-corrected chi connectivity index (χ4v) is 2.26. The van der Waals surface area contributed by atoms with Crippen molar-refractivity contribution in [3.63, 3.8) is 0 Å². The molecule has 1 rings (SSSR count). The fraction of sp³-hybridized carbons (Fsp3) is 0.556. The molecule has 6 heteroatoms. The van der Waals surface area contributed by atoms with Crippen LogP contribution >= 0.6 is 0 Å². The van der Waals surface area contributed by atoms with E-state index in [1.807, 2.05) is 18.2 Å². The van der Waals surface area contributed by atoms with E-state index in [4.69, 9.17) is 14.2 Å². The molecule has 0 aliphatic heterocycles. The normalized spacial score (nSPS) is 10.1. The number of amides is 1. The van der Waals surface area contributed by atoms with Crippen LogP contribution in [0.25, 0.3) is 0 Å². The lowest BCUT2D eigenvalue weighted by atomic mass is 10.1. The number of esters is 1. The highest BCUT2D eigenvalue weighted by Gasteiger charge is 2.06. The second-order valence-corrected chi connectivity index (χ2v) is 5.30. The lowest BCUT2D eigenvalue weighted by Crippen LogP contribution is -2.25. The van der Waals surface area contributed by atoms with Crippen molar-refractivity contribution in [3.8, 4) is 11.5 Å². The lowest BCUT2D eigenvalue weighted by Gasteiger charge is -2.10. The summed E-state index contributed by atoms with van der Waals surface area (Å²) in [6.07, 6.45) is 2.86. The molecule has 0 saturated heterocycles. The summed E-state index contributed by atoms with van der Waals surface area (Å²) in [5.41, 5.74) is 1.07. The molecule has 0 aliphatic carbocycles. The molecule has 1 amide bonds. The molecule has 0 radical (unpaired) electrons. The highest BCUT2D eigenvalue weighted by atomic mass is 16.5.